The van der Waals surface area contributed by atoms with Gasteiger partial charge in [-0.2, -0.15) is 0 Å². The Balaban J connectivity index is 1.80. The van der Waals surface area contributed by atoms with Crippen LogP contribution in [-0.4, -0.2) is 53.9 Å². The van der Waals surface area contributed by atoms with Crippen molar-refractivity contribution >= 4 is 15.7 Å². The first-order valence-corrected chi connectivity index (χ1v) is 11.3. The van der Waals surface area contributed by atoms with Gasteiger partial charge in [0.1, 0.15) is 12.4 Å². The highest BCUT2D eigenvalue weighted by atomic mass is 32.2. The Bertz CT molecular complexity index is 1050. The number of carbonyl (C=O) groups is 1. The van der Waals surface area contributed by atoms with Gasteiger partial charge < -0.3 is 4.74 Å². The van der Waals surface area contributed by atoms with E-state index in [2.05, 4.69) is 21.7 Å². The van der Waals surface area contributed by atoms with Crippen molar-refractivity contribution in [1.82, 2.24) is 15.4 Å². The molecule has 0 bridgehead atoms. The minimum atomic E-state index is -4.07. The number of ether oxygens (including phenoxy) is 1. The molecule has 0 radical (unpaired) electrons. The number of nitrogens with zero attached hydrogens (tertiary/aromatic N) is 2. The summed E-state index contributed by atoms with van der Waals surface area (Å²) in [6, 6.07) is 9.69. The van der Waals surface area contributed by atoms with Crippen molar-refractivity contribution in [2.24, 2.45) is 0 Å². The summed E-state index contributed by atoms with van der Waals surface area (Å²) in [6.07, 6.45) is 3.57. The zero-order chi connectivity index (χ0) is 22.3. The van der Waals surface area contributed by atoms with Crippen LogP contribution in [0.1, 0.15) is 25.3 Å². The summed E-state index contributed by atoms with van der Waals surface area (Å²) < 4.78 is 30.6. The molecular formula is C22H25N3O5S. The first kappa shape index (κ1) is 22.7. The van der Waals surface area contributed by atoms with E-state index in [4.69, 9.17) is 4.74 Å². The fraction of sp³-hybridized carbons (Fsp3) is 0.364. The van der Waals surface area contributed by atoms with Crippen LogP contribution in [0, 0.1) is 11.8 Å². The minimum Gasteiger partial charge on any atom is -0.481 e. The summed E-state index contributed by atoms with van der Waals surface area (Å²) in [5.41, 5.74) is 2.58. The summed E-state index contributed by atoms with van der Waals surface area (Å²) >= 11 is 0. The maximum absolute atomic E-state index is 13.5. The fourth-order valence-electron chi connectivity index (χ4n) is 3.67. The highest BCUT2D eigenvalue weighted by Gasteiger charge is 2.52. The zero-order valence-corrected chi connectivity index (χ0v) is 18.1. The Kier molecular flexibility index (Phi) is 7.28. The van der Waals surface area contributed by atoms with Gasteiger partial charge in [0.15, 0.2) is 14.6 Å². The minimum absolute atomic E-state index is 0.00531. The molecular weight excluding hydrogens is 418 g/mol. The van der Waals surface area contributed by atoms with Crippen LogP contribution in [0.15, 0.2) is 53.7 Å². The zero-order valence-electron chi connectivity index (χ0n) is 17.2. The lowest BCUT2D eigenvalue weighted by Crippen LogP contribution is -2.57. The van der Waals surface area contributed by atoms with Gasteiger partial charge >= 0.3 is 0 Å². The lowest BCUT2D eigenvalue weighted by Gasteiger charge is -2.39. The van der Waals surface area contributed by atoms with E-state index in [1.54, 1.807) is 24.8 Å². The van der Waals surface area contributed by atoms with Crippen molar-refractivity contribution in [1.29, 1.82) is 0 Å². The van der Waals surface area contributed by atoms with E-state index in [-0.39, 0.29) is 24.3 Å². The molecule has 3 rings (SSSR count). The van der Waals surface area contributed by atoms with Crippen molar-refractivity contribution in [3.63, 3.8) is 0 Å². The second-order valence-electron chi connectivity index (χ2n) is 7.26. The van der Waals surface area contributed by atoms with Crippen molar-refractivity contribution in [2.45, 2.75) is 36.0 Å². The first-order valence-electron chi connectivity index (χ1n) is 9.86. The van der Waals surface area contributed by atoms with E-state index in [0.717, 1.165) is 5.56 Å². The number of likely N-dealkylation sites (tertiary alicyclic amines) is 1. The topological polar surface area (TPSA) is 109 Å². The molecule has 1 aromatic carbocycles. The van der Waals surface area contributed by atoms with Crippen LogP contribution in [0.2, 0.25) is 0 Å². The molecule has 2 N–H and O–H groups in total. The molecule has 1 aromatic heterocycles. The Hall–Kier alpha value is -2.93. The van der Waals surface area contributed by atoms with E-state index >= 15 is 0 Å². The van der Waals surface area contributed by atoms with Gasteiger partial charge in [0.2, 0.25) is 0 Å². The molecule has 2 heterocycles. The van der Waals surface area contributed by atoms with Crippen LogP contribution in [0.3, 0.4) is 0 Å². The Morgan fingerprint density at radius 2 is 1.97 bits per heavy atom. The highest BCUT2D eigenvalue weighted by Crippen LogP contribution is 2.36. The van der Waals surface area contributed by atoms with Gasteiger partial charge in [-0.1, -0.05) is 12.0 Å². The van der Waals surface area contributed by atoms with Crippen LogP contribution in [0.25, 0.3) is 0 Å². The van der Waals surface area contributed by atoms with E-state index < -0.39 is 20.5 Å². The van der Waals surface area contributed by atoms with Crippen LogP contribution in [-0.2, 0) is 21.2 Å². The van der Waals surface area contributed by atoms with Gasteiger partial charge in [0.05, 0.1) is 4.90 Å². The molecule has 1 aliphatic rings. The lowest BCUT2D eigenvalue weighted by molar-refractivity contribution is -0.133. The van der Waals surface area contributed by atoms with E-state index in [1.807, 2.05) is 12.1 Å². The fourth-order valence-corrected chi connectivity index (χ4v) is 5.63. The van der Waals surface area contributed by atoms with Crippen molar-refractivity contribution in [3.8, 4) is 17.6 Å². The maximum atomic E-state index is 13.5. The smallest absolute Gasteiger partial charge is 0.265 e. The second kappa shape index (κ2) is 9.92. The highest BCUT2D eigenvalue weighted by molar-refractivity contribution is 7.93. The Labute approximate surface area is 182 Å². The van der Waals surface area contributed by atoms with Crippen LogP contribution >= 0.6 is 0 Å². The number of amides is 1. The molecule has 1 aliphatic heterocycles. The third-order valence-electron chi connectivity index (χ3n) is 5.44. The van der Waals surface area contributed by atoms with Crippen LogP contribution in [0.4, 0.5) is 0 Å². The number of nitrogens with one attached hydrogen (secondary N) is 1. The van der Waals surface area contributed by atoms with Crippen LogP contribution < -0.4 is 10.2 Å². The molecule has 1 fully saturated rings. The van der Waals surface area contributed by atoms with Gasteiger partial charge in [-0.05, 0) is 55.7 Å². The third-order valence-corrected chi connectivity index (χ3v) is 7.96. The maximum Gasteiger partial charge on any atom is 0.265 e. The number of carbonyl (C=O) groups excluding carboxylic acids is 1. The predicted molar refractivity (Wildman–Crippen MR) is 114 cm³/mol. The lowest BCUT2D eigenvalue weighted by atomic mass is 9.94. The van der Waals surface area contributed by atoms with E-state index in [0.29, 0.717) is 25.4 Å². The van der Waals surface area contributed by atoms with Gasteiger partial charge in [0, 0.05) is 32.0 Å². The Morgan fingerprint density at radius 1 is 1.26 bits per heavy atom. The number of aromatic nitrogens is 1. The van der Waals surface area contributed by atoms with E-state index in [9.17, 15) is 18.4 Å². The molecule has 0 saturated carbocycles. The largest absolute Gasteiger partial charge is 0.481 e. The quantitative estimate of drug-likeness (QED) is 0.382. The average Bonchev–Trinajstić information content (AvgIpc) is 2.80. The summed E-state index contributed by atoms with van der Waals surface area (Å²) in [4.78, 5) is 18.8. The summed E-state index contributed by atoms with van der Waals surface area (Å²) in [6.45, 7) is 3.28. The van der Waals surface area contributed by atoms with Gasteiger partial charge in [-0.25, -0.2) is 13.9 Å². The molecule has 2 aromatic rings. The van der Waals surface area contributed by atoms with Crippen molar-refractivity contribution in [2.75, 3.05) is 19.7 Å². The molecule has 0 aliphatic carbocycles. The third kappa shape index (κ3) is 4.88. The average molecular weight is 444 g/mol. The number of piperidine rings is 1. The van der Waals surface area contributed by atoms with Crippen molar-refractivity contribution < 1.29 is 23.2 Å². The SMILES string of the molecule is CC#CCOc1ccc(S(=O)(=O)C2(C(=O)NO)CCN(Cc3cccnc3)CC2)cc1. The predicted octanol–water partition coefficient (Wildman–Crippen LogP) is 1.80. The normalized spacial score (nSPS) is 16.1. The number of rotatable bonds is 7. The molecule has 164 valence electrons. The molecule has 0 atom stereocenters. The molecule has 1 amide bonds. The van der Waals surface area contributed by atoms with E-state index in [1.165, 1.54) is 24.3 Å². The number of benzene rings is 1. The van der Waals surface area contributed by atoms with Gasteiger partial charge in [-0.3, -0.25) is 19.9 Å². The Morgan fingerprint density at radius 3 is 2.55 bits per heavy atom. The molecule has 9 heteroatoms. The second-order valence-corrected chi connectivity index (χ2v) is 9.52. The summed E-state index contributed by atoms with van der Waals surface area (Å²) in [7, 11) is -4.07. The number of sulfone groups is 1. The van der Waals surface area contributed by atoms with Crippen molar-refractivity contribution in [3.05, 3.63) is 54.4 Å². The standard InChI is InChI=1S/C22H25N3O5S/c1-2-3-15-30-19-6-8-20(9-7-19)31(28,29)22(21(26)24-27)10-13-25(14-11-22)17-18-5-4-12-23-16-18/h4-9,12,16,27H,10-11,13-15,17H2,1H3,(H,24,26). The number of hydrogen-bond donors (Lipinski definition) is 2. The number of hydroxylamine groups is 1. The molecule has 0 unspecified atom stereocenters. The summed E-state index contributed by atoms with van der Waals surface area (Å²) in [5.74, 6) is 5.05. The molecule has 8 nitrogen and oxygen atoms in total. The first-order chi connectivity index (χ1) is 14.9. The van der Waals surface area contributed by atoms with Crippen LogP contribution in [0.5, 0.6) is 5.75 Å². The van der Waals surface area contributed by atoms with Gasteiger partial charge in [-0.15, -0.1) is 5.92 Å². The summed E-state index contributed by atoms with van der Waals surface area (Å²) in [5, 5.41) is 9.31. The molecule has 1 saturated heterocycles. The molecule has 0 spiro atoms. The molecule has 31 heavy (non-hydrogen) atoms. The van der Waals surface area contributed by atoms with Gasteiger partial charge in [0.25, 0.3) is 5.91 Å². The number of pyridine rings is 1. The monoisotopic (exact) mass is 443 g/mol. The number of hydrogen-bond acceptors (Lipinski definition) is 7.